The average Bonchev–Trinajstić information content (AvgIpc) is 3.60. The second-order valence-electron chi connectivity index (χ2n) is 8.87. The average molecular weight is 533 g/mol. The number of carboxylic acid groups (broad SMARTS) is 2. The third-order valence-corrected chi connectivity index (χ3v) is 7.33. The molecule has 0 fully saturated rings. The van der Waals surface area contributed by atoms with E-state index in [1.54, 1.807) is 22.2 Å². The van der Waals surface area contributed by atoms with Gasteiger partial charge in [-0.1, -0.05) is 42.5 Å². The summed E-state index contributed by atoms with van der Waals surface area (Å²) < 4.78 is 1.75. The van der Waals surface area contributed by atoms with Gasteiger partial charge in [0.25, 0.3) is 0 Å². The Morgan fingerprint density at radius 2 is 1.51 bits per heavy atom. The lowest BCUT2D eigenvalue weighted by Crippen LogP contribution is -2.08. The number of carbonyl (C=O) groups is 2. The molecule has 2 aromatic heterocycles. The molecule has 0 aliphatic rings. The zero-order chi connectivity index (χ0) is 27.1. The second-order valence-corrected chi connectivity index (χ2v) is 9.73. The van der Waals surface area contributed by atoms with E-state index in [-0.39, 0.29) is 11.1 Å². The van der Waals surface area contributed by atoms with Crippen LogP contribution >= 0.6 is 11.3 Å². The number of nitrogen functional groups attached to an aromatic ring is 1. The Morgan fingerprint density at radius 1 is 0.795 bits per heavy atom. The standard InChI is InChI=1S/C30H20N4O4S/c31-19-8-6-17(7-9-19)22-12-20(10-11-21(22)28-33-26(15-39-28)18-4-2-1-3-5-18)34-16-32-25-13-23(29(35)36)24(30(37)38)14-27(25)34/h1-16H,31H2,(H,35,36)(H,37,38). The highest BCUT2D eigenvalue weighted by Gasteiger charge is 2.20. The van der Waals surface area contributed by atoms with Gasteiger partial charge in [0, 0.05) is 27.9 Å². The molecule has 0 aliphatic carbocycles. The van der Waals surface area contributed by atoms with Crippen molar-refractivity contribution >= 4 is 40.0 Å². The number of hydrogen-bond donors (Lipinski definition) is 3. The Kier molecular flexibility index (Phi) is 5.90. The van der Waals surface area contributed by atoms with Gasteiger partial charge in [-0.2, -0.15) is 0 Å². The van der Waals surface area contributed by atoms with Crippen molar-refractivity contribution in [2.24, 2.45) is 0 Å². The first kappa shape index (κ1) is 24.1. The molecular formula is C30H20N4O4S. The summed E-state index contributed by atoms with van der Waals surface area (Å²) in [5.74, 6) is -2.64. The van der Waals surface area contributed by atoms with Crippen molar-refractivity contribution in [3.63, 3.8) is 0 Å². The SMILES string of the molecule is Nc1ccc(-c2cc(-n3cnc4cc(C(=O)O)c(C(=O)O)cc43)ccc2-c2nc(-c3ccccc3)cs2)cc1. The minimum absolute atomic E-state index is 0.302. The zero-order valence-corrected chi connectivity index (χ0v) is 21.1. The summed E-state index contributed by atoms with van der Waals surface area (Å²) >= 11 is 1.55. The maximum atomic E-state index is 11.8. The molecule has 2 heterocycles. The van der Waals surface area contributed by atoms with Crippen molar-refractivity contribution in [1.29, 1.82) is 0 Å². The molecule has 4 N–H and O–H groups in total. The molecule has 8 nitrogen and oxygen atoms in total. The van der Waals surface area contributed by atoms with Gasteiger partial charge in [-0.3, -0.25) is 4.57 Å². The van der Waals surface area contributed by atoms with Gasteiger partial charge in [0.2, 0.25) is 0 Å². The number of nitrogens with two attached hydrogens (primary N) is 1. The summed E-state index contributed by atoms with van der Waals surface area (Å²) in [6.07, 6.45) is 1.56. The summed E-state index contributed by atoms with van der Waals surface area (Å²) in [4.78, 5) is 32.7. The van der Waals surface area contributed by atoms with E-state index in [0.29, 0.717) is 16.7 Å². The number of aromatic nitrogens is 3. The molecule has 0 spiro atoms. The predicted molar refractivity (Wildman–Crippen MR) is 151 cm³/mol. The number of thiazole rings is 1. The van der Waals surface area contributed by atoms with Crippen LogP contribution in [-0.2, 0) is 0 Å². The highest BCUT2D eigenvalue weighted by Crippen LogP contribution is 2.38. The number of fused-ring (bicyclic) bond motifs is 1. The minimum atomic E-state index is -1.32. The van der Waals surface area contributed by atoms with Crippen LogP contribution in [-0.4, -0.2) is 36.7 Å². The first-order valence-corrected chi connectivity index (χ1v) is 12.8. The van der Waals surface area contributed by atoms with E-state index in [4.69, 9.17) is 10.7 Å². The van der Waals surface area contributed by atoms with E-state index in [0.717, 1.165) is 38.6 Å². The highest BCUT2D eigenvalue weighted by molar-refractivity contribution is 7.13. The lowest BCUT2D eigenvalue weighted by Gasteiger charge is -2.13. The molecule has 0 atom stereocenters. The summed E-state index contributed by atoms with van der Waals surface area (Å²) in [6, 6.07) is 26.0. The highest BCUT2D eigenvalue weighted by atomic mass is 32.1. The fourth-order valence-electron chi connectivity index (χ4n) is 4.52. The van der Waals surface area contributed by atoms with Crippen LogP contribution < -0.4 is 5.73 Å². The fourth-order valence-corrected chi connectivity index (χ4v) is 5.39. The normalized spacial score (nSPS) is 11.1. The largest absolute Gasteiger partial charge is 0.478 e. The van der Waals surface area contributed by atoms with Crippen LogP contribution in [0.5, 0.6) is 0 Å². The topological polar surface area (TPSA) is 131 Å². The van der Waals surface area contributed by atoms with Gasteiger partial charge in [0.05, 0.1) is 27.9 Å². The second kappa shape index (κ2) is 9.55. The fraction of sp³-hybridized carbons (Fsp3) is 0. The first-order valence-electron chi connectivity index (χ1n) is 11.9. The van der Waals surface area contributed by atoms with Gasteiger partial charge >= 0.3 is 11.9 Å². The Labute approximate surface area is 226 Å². The Morgan fingerprint density at radius 3 is 2.23 bits per heavy atom. The van der Waals surface area contributed by atoms with Crippen LogP contribution in [0.15, 0.2) is 96.6 Å². The van der Waals surface area contributed by atoms with Crippen LogP contribution in [0.4, 0.5) is 5.69 Å². The van der Waals surface area contributed by atoms with Gasteiger partial charge < -0.3 is 15.9 Å². The van der Waals surface area contributed by atoms with Crippen molar-refractivity contribution in [2.45, 2.75) is 0 Å². The number of nitrogens with zero attached hydrogens (tertiary/aromatic N) is 3. The third kappa shape index (κ3) is 4.41. The number of carboxylic acids is 2. The summed E-state index contributed by atoms with van der Waals surface area (Å²) in [7, 11) is 0. The van der Waals surface area contributed by atoms with Crippen LogP contribution in [0, 0.1) is 0 Å². The number of anilines is 1. The molecule has 39 heavy (non-hydrogen) atoms. The van der Waals surface area contributed by atoms with E-state index in [2.05, 4.69) is 4.98 Å². The first-order chi connectivity index (χ1) is 18.9. The van der Waals surface area contributed by atoms with Crippen LogP contribution in [0.1, 0.15) is 20.7 Å². The molecule has 6 rings (SSSR count). The van der Waals surface area contributed by atoms with Crippen molar-refractivity contribution < 1.29 is 19.8 Å². The van der Waals surface area contributed by atoms with Crippen molar-refractivity contribution in [3.8, 4) is 38.6 Å². The van der Waals surface area contributed by atoms with Crippen LogP contribution in [0.2, 0.25) is 0 Å². The molecule has 190 valence electrons. The molecule has 0 aliphatic heterocycles. The van der Waals surface area contributed by atoms with E-state index in [1.165, 1.54) is 12.1 Å². The van der Waals surface area contributed by atoms with E-state index < -0.39 is 11.9 Å². The smallest absolute Gasteiger partial charge is 0.336 e. The molecule has 4 aromatic carbocycles. The lowest BCUT2D eigenvalue weighted by molar-refractivity contribution is 0.0652. The number of benzene rings is 4. The molecular weight excluding hydrogens is 512 g/mol. The van der Waals surface area contributed by atoms with E-state index in [9.17, 15) is 19.8 Å². The number of aromatic carboxylic acids is 2. The predicted octanol–water partition coefficient (Wildman–Crippen LogP) is 6.46. The molecule has 0 amide bonds. The maximum Gasteiger partial charge on any atom is 0.336 e. The van der Waals surface area contributed by atoms with Gasteiger partial charge in [0.15, 0.2) is 0 Å². The zero-order valence-electron chi connectivity index (χ0n) is 20.3. The molecule has 6 aromatic rings. The van der Waals surface area contributed by atoms with Crippen molar-refractivity contribution in [3.05, 3.63) is 108 Å². The van der Waals surface area contributed by atoms with Crippen molar-refractivity contribution in [1.82, 2.24) is 14.5 Å². The Hall–Kier alpha value is -5.28. The molecule has 0 saturated carbocycles. The molecule has 9 heteroatoms. The third-order valence-electron chi connectivity index (χ3n) is 6.45. The number of imidazole rings is 1. The number of rotatable bonds is 6. The van der Waals surface area contributed by atoms with Gasteiger partial charge in [-0.05, 0) is 53.6 Å². The minimum Gasteiger partial charge on any atom is -0.478 e. The van der Waals surface area contributed by atoms with E-state index >= 15 is 0 Å². The summed E-state index contributed by atoms with van der Waals surface area (Å²) in [5, 5.41) is 22.0. The monoisotopic (exact) mass is 532 g/mol. The van der Waals surface area contributed by atoms with E-state index in [1.807, 2.05) is 78.2 Å². The quantitative estimate of drug-likeness (QED) is 0.210. The van der Waals surface area contributed by atoms with Gasteiger partial charge in [-0.25, -0.2) is 19.6 Å². The Bertz CT molecular complexity index is 1880. The van der Waals surface area contributed by atoms with Crippen molar-refractivity contribution in [2.75, 3.05) is 5.73 Å². The number of hydrogen-bond acceptors (Lipinski definition) is 6. The van der Waals surface area contributed by atoms with Crippen LogP contribution in [0.25, 0.3) is 49.7 Å². The molecule has 0 bridgehead atoms. The molecule has 0 unspecified atom stereocenters. The summed E-state index contributed by atoms with van der Waals surface area (Å²) in [5.41, 5.74) is 12.3. The van der Waals surface area contributed by atoms with Gasteiger partial charge in [-0.15, -0.1) is 11.3 Å². The Balaban J connectivity index is 1.52. The summed E-state index contributed by atoms with van der Waals surface area (Å²) in [6.45, 7) is 0. The lowest BCUT2D eigenvalue weighted by atomic mass is 9.98. The molecule has 0 radical (unpaired) electrons. The molecule has 0 saturated heterocycles. The van der Waals surface area contributed by atoms with Gasteiger partial charge in [0.1, 0.15) is 11.3 Å². The maximum absolute atomic E-state index is 11.8. The van der Waals surface area contributed by atoms with Crippen LogP contribution in [0.3, 0.4) is 0 Å².